The third-order valence-electron chi connectivity index (χ3n) is 2.96. The van der Waals surface area contributed by atoms with Gasteiger partial charge < -0.3 is 14.9 Å². The van der Waals surface area contributed by atoms with E-state index >= 15 is 0 Å². The van der Waals surface area contributed by atoms with Crippen LogP contribution in [0.3, 0.4) is 0 Å². The Hall–Kier alpha value is -1.97. The molecule has 96 valence electrons. The minimum Gasteiger partial charge on any atom is -0.496 e. The molecule has 1 heterocycles. The zero-order chi connectivity index (χ0) is 13.0. The zero-order valence-electron chi connectivity index (χ0n) is 10.8. The molecule has 0 aliphatic carbocycles. The summed E-state index contributed by atoms with van der Waals surface area (Å²) in [6, 6.07) is 6.51. The van der Waals surface area contributed by atoms with E-state index in [2.05, 4.69) is 24.0 Å². The van der Waals surface area contributed by atoms with Crippen LogP contribution in [0.2, 0.25) is 0 Å². The molecule has 0 spiro atoms. The molecule has 18 heavy (non-hydrogen) atoms. The summed E-state index contributed by atoms with van der Waals surface area (Å²) < 4.78 is 10.6. The smallest absolute Gasteiger partial charge is 0.292 e. The van der Waals surface area contributed by atoms with Gasteiger partial charge in [-0.25, -0.2) is 4.98 Å². The number of nitrogens with zero attached hydrogens (tertiary/aromatic N) is 1. The van der Waals surface area contributed by atoms with Gasteiger partial charge in [-0.1, -0.05) is 19.1 Å². The number of rotatable bonds is 5. The maximum atomic E-state index is 5.44. The molecule has 0 saturated carbocycles. The van der Waals surface area contributed by atoms with Crippen molar-refractivity contribution in [3.05, 3.63) is 41.3 Å². The van der Waals surface area contributed by atoms with Crippen molar-refractivity contribution in [1.82, 2.24) is 4.98 Å². The van der Waals surface area contributed by atoms with Crippen molar-refractivity contribution in [2.24, 2.45) is 0 Å². The Morgan fingerprint density at radius 3 is 2.78 bits per heavy atom. The minimum absolute atomic E-state index is 0.231. The molecule has 0 radical (unpaired) electrons. The van der Waals surface area contributed by atoms with Crippen LogP contribution in [-0.2, 0) is 19.3 Å². The van der Waals surface area contributed by atoms with Crippen molar-refractivity contribution in [1.29, 1.82) is 0 Å². The van der Waals surface area contributed by atoms with Gasteiger partial charge in [0.1, 0.15) is 11.5 Å². The lowest BCUT2D eigenvalue weighted by Gasteiger charge is -2.08. The van der Waals surface area contributed by atoms with Crippen LogP contribution < -0.4 is 10.5 Å². The van der Waals surface area contributed by atoms with Crippen LogP contribution in [0.25, 0.3) is 0 Å². The first-order valence-corrected chi connectivity index (χ1v) is 6.09. The lowest BCUT2D eigenvalue weighted by atomic mass is 10.0. The van der Waals surface area contributed by atoms with Crippen molar-refractivity contribution < 1.29 is 9.15 Å². The van der Waals surface area contributed by atoms with Crippen LogP contribution in [0.4, 0.5) is 6.01 Å². The topological polar surface area (TPSA) is 61.3 Å². The number of anilines is 1. The first kappa shape index (κ1) is 12.5. The summed E-state index contributed by atoms with van der Waals surface area (Å²) in [5, 5.41) is 0. The highest BCUT2D eigenvalue weighted by atomic mass is 16.5. The third-order valence-corrected chi connectivity index (χ3v) is 2.96. The van der Waals surface area contributed by atoms with Gasteiger partial charge in [-0.15, -0.1) is 0 Å². The van der Waals surface area contributed by atoms with Crippen LogP contribution >= 0.6 is 0 Å². The Balaban J connectivity index is 2.05. The van der Waals surface area contributed by atoms with Crippen molar-refractivity contribution in [3.8, 4) is 5.75 Å². The van der Waals surface area contributed by atoms with Gasteiger partial charge in [0.2, 0.25) is 0 Å². The Morgan fingerprint density at radius 1 is 1.33 bits per heavy atom. The molecule has 0 aliphatic rings. The molecule has 0 fully saturated rings. The highest BCUT2D eigenvalue weighted by Gasteiger charge is 2.05. The fourth-order valence-corrected chi connectivity index (χ4v) is 1.97. The molecule has 1 aromatic heterocycles. The van der Waals surface area contributed by atoms with E-state index in [0.717, 1.165) is 30.8 Å². The standard InChI is InChI=1S/C14H18N2O2/c1-3-11-8-10(5-7-13(11)17-2)4-6-12-9-16-14(15)18-12/h5,7-9H,3-4,6H2,1-2H3,(H2,15,16). The molecule has 4 heteroatoms. The average molecular weight is 246 g/mol. The Labute approximate surface area is 107 Å². The predicted molar refractivity (Wildman–Crippen MR) is 70.7 cm³/mol. The number of methoxy groups -OCH3 is 1. The molecule has 0 aliphatic heterocycles. The van der Waals surface area contributed by atoms with Gasteiger partial charge in [0, 0.05) is 6.42 Å². The van der Waals surface area contributed by atoms with E-state index in [9.17, 15) is 0 Å². The van der Waals surface area contributed by atoms with Crippen LogP contribution in [-0.4, -0.2) is 12.1 Å². The summed E-state index contributed by atoms with van der Waals surface area (Å²) in [6.07, 6.45) is 4.36. The quantitative estimate of drug-likeness (QED) is 0.881. The SMILES string of the molecule is CCc1cc(CCc2cnc(N)o2)ccc1OC. The highest BCUT2D eigenvalue weighted by Crippen LogP contribution is 2.21. The number of ether oxygens (including phenoxy) is 1. The molecule has 1 aromatic carbocycles. The Kier molecular flexibility index (Phi) is 3.87. The van der Waals surface area contributed by atoms with Gasteiger partial charge in [-0.2, -0.15) is 0 Å². The predicted octanol–water partition coefficient (Wildman–Crippen LogP) is 2.61. The number of benzene rings is 1. The van der Waals surface area contributed by atoms with Crippen molar-refractivity contribution in [2.45, 2.75) is 26.2 Å². The van der Waals surface area contributed by atoms with Gasteiger partial charge in [-0.05, 0) is 30.0 Å². The van der Waals surface area contributed by atoms with Crippen LogP contribution in [0.15, 0.2) is 28.8 Å². The first-order valence-electron chi connectivity index (χ1n) is 6.09. The second kappa shape index (κ2) is 5.58. The number of hydrogen-bond donors (Lipinski definition) is 1. The summed E-state index contributed by atoms with van der Waals surface area (Å²) in [5.74, 6) is 1.77. The van der Waals surface area contributed by atoms with Gasteiger partial charge in [-0.3, -0.25) is 0 Å². The van der Waals surface area contributed by atoms with Gasteiger partial charge in [0.15, 0.2) is 0 Å². The Morgan fingerprint density at radius 2 is 2.17 bits per heavy atom. The molecule has 2 aromatic rings. The molecule has 0 saturated heterocycles. The minimum atomic E-state index is 0.231. The zero-order valence-corrected chi connectivity index (χ0v) is 10.8. The molecule has 4 nitrogen and oxygen atoms in total. The second-order valence-electron chi connectivity index (χ2n) is 4.16. The van der Waals surface area contributed by atoms with Crippen LogP contribution in [0.5, 0.6) is 5.75 Å². The molecule has 0 bridgehead atoms. The van der Waals surface area contributed by atoms with E-state index in [1.165, 1.54) is 11.1 Å². The van der Waals surface area contributed by atoms with Crippen molar-refractivity contribution in [3.63, 3.8) is 0 Å². The summed E-state index contributed by atoms with van der Waals surface area (Å²) in [4.78, 5) is 3.88. The fourth-order valence-electron chi connectivity index (χ4n) is 1.97. The summed E-state index contributed by atoms with van der Waals surface area (Å²) in [7, 11) is 1.70. The van der Waals surface area contributed by atoms with Gasteiger partial charge in [0.05, 0.1) is 13.3 Å². The van der Waals surface area contributed by atoms with Crippen LogP contribution in [0, 0.1) is 0 Å². The number of nitrogens with two attached hydrogens (primary N) is 1. The molecule has 0 unspecified atom stereocenters. The molecule has 0 amide bonds. The Bertz CT molecular complexity index is 520. The lowest BCUT2D eigenvalue weighted by molar-refractivity contribution is 0.410. The largest absolute Gasteiger partial charge is 0.496 e. The number of aryl methyl sites for hydroxylation is 3. The maximum absolute atomic E-state index is 5.44. The van der Waals surface area contributed by atoms with Crippen LogP contribution in [0.1, 0.15) is 23.8 Å². The molecular formula is C14H18N2O2. The molecule has 2 rings (SSSR count). The fraction of sp³-hybridized carbons (Fsp3) is 0.357. The monoisotopic (exact) mass is 246 g/mol. The molecular weight excluding hydrogens is 228 g/mol. The van der Waals surface area contributed by atoms with E-state index < -0.39 is 0 Å². The number of oxazole rings is 1. The van der Waals surface area contributed by atoms with E-state index in [0.29, 0.717) is 0 Å². The van der Waals surface area contributed by atoms with E-state index in [4.69, 9.17) is 14.9 Å². The summed E-state index contributed by atoms with van der Waals surface area (Å²) in [5.41, 5.74) is 7.93. The number of nitrogen functional groups attached to an aromatic ring is 1. The van der Waals surface area contributed by atoms with Gasteiger partial charge in [0.25, 0.3) is 6.01 Å². The highest BCUT2D eigenvalue weighted by molar-refractivity contribution is 5.37. The normalized spacial score (nSPS) is 10.6. The maximum Gasteiger partial charge on any atom is 0.292 e. The second-order valence-corrected chi connectivity index (χ2v) is 4.16. The average Bonchev–Trinajstić information content (AvgIpc) is 2.81. The van der Waals surface area contributed by atoms with Crippen molar-refractivity contribution in [2.75, 3.05) is 12.8 Å². The van der Waals surface area contributed by atoms with E-state index in [-0.39, 0.29) is 6.01 Å². The summed E-state index contributed by atoms with van der Waals surface area (Å²) in [6.45, 7) is 2.12. The first-order chi connectivity index (χ1) is 8.72. The number of aromatic nitrogens is 1. The number of hydrogen-bond acceptors (Lipinski definition) is 4. The molecule has 2 N–H and O–H groups in total. The third kappa shape index (κ3) is 2.83. The van der Waals surface area contributed by atoms with E-state index in [1.807, 2.05) is 6.07 Å². The van der Waals surface area contributed by atoms with E-state index in [1.54, 1.807) is 13.3 Å². The summed E-state index contributed by atoms with van der Waals surface area (Å²) >= 11 is 0. The van der Waals surface area contributed by atoms with Crippen molar-refractivity contribution >= 4 is 6.01 Å². The van der Waals surface area contributed by atoms with Gasteiger partial charge >= 0.3 is 0 Å². The molecule has 0 atom stereocenters. The lowest BCUT2D eigenvalue weighted by Crippen LogP contribution is -1.95.